The van der Waals surface area contributed by atoms with Crippen LogP contribution >= 0.6 is 0 Å². The van der Waals surface area contributed by atoms with Gasteiger partial charge in [0.2, 0.25) is 5.91 Å². The molecule has 2 amide bonds. The molecule has 2 saturated heterocycles. The molecule has 0 atom stereocenters. The molecule has 8 heteroatoms. The van der Waals surface area contributed by atoms with Gasteiger partial charge >= 0.3 is 0 Å². The van der Waals surface area contributed by atoms with E-state index in [-0.39, 0.29) is 18.5 Å². The van der Waals surface area contributed by atoms with E-state index in [4.69, 9.17) is 9.47 Å². The second kappa shape index (κ2) is 10.6. The van der Waals surface area contributed by atoms with Crippen LogP contribution in [-0.4, -0.2) is 78.7 Å². The topological polar surface area (TPSA) is 65.6 Å². The van der Waals surface area contributed by atoms with Gasteiger partial charge in [0.25, 0.3) is 5.91 Å². The van der Waals surface area contributed by atoms with Crippen LogP contribution in [0.5, 0.6) is 11.5 Å². The molecule has 202 valence electrons. The molecule has 0 saturated carbocycles. The van der Waals surface area contributed by atoms with Crippen molar-refractivity contribution in [3.8, 4) is 11.5 Å². The number of hydrogen-bond donors (Lipinski definition) is 0. The van der Waals surface area contributed by atoms with Crippen molar-refractivity contribution in [2.75, 3.05) is 51.6 Å². The summed E-state index contributed by atoms with van der Waals surface area (Å²) in [7, 11) is 1.67. The number of fused-ring (bicyclic) bond motifs is 1. The fourth-order valence-electron chi connectivity index (χ4n) is 6.08. The Morgan fingerprint density at radius 3 is 2.36 bits per heavy atom. The number of hydrogen-bond acceptors (Lipinski definition) is 6. The molecular weight excluding hydrogens is 492 g/mol. The summed E-state index contributed by atoms with van der Waals surface area (Å²) < 4.78 is 11.4. The first kappa shape index (κ1) is 25.2. The SMILES string of the molecule is COc1ccccc1CN1CN(c2ccccc2)C2(CCN(CCN3COc4ccccc4C3=O)CC2)C1=O. The number of piperidine rings is 1. The molecule has 0 aliphatic carbocycles. The summed E-state index contributed by atoms with van der Waals surface area (Å²) in [4.78, 5) is 35.4. The molecule has 6 rings (SSSR count). The Balaban J connectivity index is 1.15. The number of carbonyl (C=O) groups excluding carboxylic acids is 2. The first-order valence-corrected chi connectivity index (χ1v) is 13.6. The largest absolute Gasteiger partial charge is 0.496 e. The quantitative estimate of drug-likeness (QED) is 0.466. The predicted octanol–water partition coefficient (Wildman–Crippen LogP) is 3.83. The maximum atomic E-state index is 14.1. The molecule has 3 aliphatic rings. The van der Waals surface area contributed by atoms with Crippen molar-refractivity contribution in [1.29, 1.82) is 0 Å². The van der Waals surface area contributed by atoms with Gasteiger partial charge < -0.3 is 29.1 Å². The third kappa shape index (κ3) is 4.69. The molecule has 8 nitrogen and oxygen atoms in total. The molecule has 3 aromatic rings. The molecule has 3 aliphatic heterocycles. The molecule has 0 bridgehead atoms. The second-order valence-electron chi connectivity index (χ2n) is 10.4. The van der Waals surface area contributed by atoms with Crippen molar-refractivity contribution >= 4 is 17.5 Å². The van der Waals surface area contributed by atoms with Gasteiger partial charge in [0.05, 0.1) is 25.9 Å². The third-order valence-electron chi connectivity index (χ3n) is 8.29. The Morgan fingerprint density at radius 1 is 0.846 bits per heavy atom. The molecular formula is C31H34N4O4. The maximum absolute atomic E-state index is 14.1. The minimum Gasteiger partial charge on any atom is -0.496 e. The lowest BCUT2D eigenvalue weighted by Crippen LogP contribution is -2.57. The van der Waals surface area contributed by atoms with Crippen LogP contribution in [0.2, 0.25) is 0 Å². The zero-order chi connectivity index (χ0) is 26.8. The monoisotopic (exact) mass is 526 g/mol. The normalized spacial score (nSPS) is 18.8. The van der Waals surface area contributed by atoms with E-state index in [9.17, 15) is 9.59 Å². The summed E-state index contributed by atoms with van der Waals surface area (Å²) in [5.74, 6) is 1.63. The van der Waals surface area contributed by atoms with Crippen molar-refractivity contribution < 1.29 is 19.1 Å². The second-order valence-corrected chi connectivity index (χ2v) is 10.4. The van der Waals surface area contributed by atoms with E-state index < -0.39 is 5.54 Å². The first-order valence-electron chi connectivity index (χ1n) is 13.6. The van der Waals surface area contributed by atoms with E-state index in [2.05, 4.69) is 21.9 Å². The highest BCUT2D eigenvalue weighted by Crippen LogP contribution is 2.40. The number of benzene rings is 3. The van der Waals surface area contributed by atoms with Crippen molar-refractivity contribution in [1.82, 2.24) is 14.7 Å². The number of amides is 2. The van der Waals surface area contributed by atoms with Gasteiger partial charge in [0.1, 0.15) is 17.0 Å². The lowest BCUT2D eigenvalue weighted by Gasteiger charge is -2.43. The Labute approximate surface area is 229 Å². The van der Waals surface area contributed by atoms with E-state index in [0.717, 1.165) is 49.5 Å². The van der Waals surface area contributed by atoms with Gasteiger partial charge in [-0.2, -0.15) is 0 Å². The molecule has 3 aromatic carbocycles. The predicted molar refractivity (Wildman–Crippen MR) is 149 cm³/mol. The summed E-state index contributed by atoms with van der Waals surface area (Å²) in [6, 6.07) is 25.5. The van der Waals surface area contributed by atoms with Gasteiger partial charge in [-0.3, -0.25) is 9.59 Å². The van der Waals surface area contributed by atoms with E-state index in [0.29, 0.717) is 31.1 Å². The van der Waals surface area contributed by atoms with Crippen molar-refractivity contribution in [2.24, 2.45) is 0 Å². The standard InChI is InChI=1S/C31H34N4O4/c1-38-27-13-7-5-9-24(27)21-34-22-35(25-10-3-2-4-11-25)31(30(34)37)15-17-32(18-16-31)19-20-33-23-39-28-14-8-6-12-26(28)29(33)36/h2-14H,15-23H2,1H3. The van der Waals surface area contributed by atoms with Crippen LogP contribution in [0.15, 0.2) is 78.9 Å². The minimum atomic E-state index is -0.580. The number of para-hydroxylation sites is 3. The molecule has 1 spiro atoms. The first-order chi connectivity index (χ1) is 19.1. The Kier molecular flexibility index (Phi) is 6.87. The van der Waals surface area contributed by atoms with E-state index >= 15 is 0 Å². The summed E-state index contributed by atoms with van der Waals surface area (Å²) >= 11 is 0. The van der Waals surface area contributed by atoms with Gasteiger partial charge in [-0.05, 0) is 43.2 Å². The van der Waals surface area contributed by atoms with Crippen LogP contribution in [0.25, 0.3) is 0 Å². The number of likely N-dealkylation sites (tertiary alicyclic amines) is 1. The molecule has 0 N–H and O–H groups in total. The summed E-state index contributed by atoms with van der Waals surface area (Å²) in [5, 5.41) is 0. The number of methoxy groups -OCH3 is 1. The maximum Gasteiger partial charge on any atom is 0.260 e. The van der Waals surface area contributed by atoms with Gasteiger partial charge in [0.15, 0.2) is 6.73 Å². The van der Waals surface area contributed by atoms with Gasteiger partial charge in [-0.1, -0.05) is 48.5 Å². The summed E-state index contributed by atoms with van der Waals surface area (Å²) in [6.45, 7) is 4.24. The smallest absolute Gasteiger partial charge is 0.260 e. The number of nitrogens with zero attached hydrogens (tertiary/aromatic N) is 4. The summed E-state index contributed by atoms with van der Waals surface area (Å²) in [5.41, 5.74) is 2.11. The number of ether oxygens (including phenoxy) is 2. The Bertz CT molecular complexity index is 1340. The van der Waals surface area contributed by atoms with E-state index in [1.165, 1.54) is 0 Å². The van der Waals surface area contributed by atoms with Crippen molar-refractivity contribution in [2.45, 2.75) is 24.9 Å². The number of anilines is 1. The average Bonchev–Trinajstić information content (AvgIpc) is 3.25. The van der Waals surface area contributed by atoms with Crippen LogP contribution in [0.1, 0.15) is 28.8 Å². The molecule has 0 unspecified atom stereocenters. The highest BCUT2D eigenvalue weighted by atomic mass is 16.5. The van der Waals surface area contributed by atoms with E-state index in [1.54, 1.807) is 12.0 Å². The highest BCUT2D eigenvalue weighted by Gasteiger charge is 2.53. The number of rotatable bonds is 7. The molecule has 0 aromatic heterocycles. The van der Waals surface area contributed by atoms with Crippen molar-refractivity contribution in [3.63, 3.8) is 0 Å². The zero-order valence-corrected chi connectivity index (χ0v) is 22.3. The lowest BCUT2D eigenvalue weighted by atomic mass is 9.85. The van der Waals surface area contributed by atoms with E-state index in [1.807, 2.05) is 71.6 Å². The molecule has 0 radical (unpaired) electrons. The van der Waals surface area contributed by atoms with Crippen LogP contribution in [0, 0.1) is 0 Å². The van der Waals surface area contributed by atoms with Gasteiger partial charge in [0, 0.05) is 37.4 Å². The van der Waals surface area contributed by atoms with Crippen LogP contribution in [0.3, 0.4) is 0 Å². The minimum absolute atomic E-state index is 0.0125. The fourth-order valence-corrected chi connectivity index (χ4v) is 6.08. The van der Waals surface area contributed by atoms with Gasteiger partial charge in [-0.25, -0.2) is 0 Å². The van der Waals surface area contributed by atoms with Gasteiger partial charge in [-0.15, -0.1) is 0 Å². The average molecular weight is 527 g/mol. The molecule has 2 fully saturated rings. The van der Waals surface area contributed by atoms with Crippen LogP contribution < -0.4 is 14.4 Å². The summed E-state index contributed by atoms with van der Waals surface area (Å²) in [6.07, 6.45) is 1.47. The highest BCUT2D eigenvalue weighted by molar-refractivity contribution is 5.97. The fraction of sp³-hybridized carbons (Fsp3) is 0.355. The third-order valence-corrected chi connectivity index (χ3v) is 8.29. The molecule has 3 heterocycles. The van der Waals surface area contributed by atoms with Crippen molar-refractivity contribution in [3.05, 3.63) is 90.0 Å². The Hall–Kier alpha value is -4.04. The lowest BCUT2D eigenvalue weighted by molar-refractivity contribution is -0.134. The number of carbonyl (C=O) groups is 2. The van der Waals surface area contributed by atoms with Crippen LogP contribution in [0.4, 0.5) is 5.69 Å². The van der Waals surface area contributed by atoms with Crippen LogP contribution in [-0.2, 0) is 11.3 Å². The molecule has 39 heavy (non-hydrogen) atoms. The Morgan fingerprint density at radius 2 is 1.56 bits per heavy atom. The zero-order valence-electron chi connectivity index (χ0n) is 22.3.